The van der Waals surface area contributed by atoms with Crippen LogP contribution in [-0.2, 0) is 11.4 Å². The number of benzene rings is 3. The molecule has 3 aromatic rings. The molecule has 0 saturated heterocycles. The van der Waals surface area contributed by atoms with E-state index < -0.39 is 11.9 Å². The van der Waals surface area contributed by atoms with E-state index in [1.54, 1.807) is 36.4 Å². The Bertz CT molecular complexity index is 1300. The normalized spacial score (nSPS) is 11.7. The lowest BCUT2D eigenvalue weighted by Crippen LogP contribution is -2.48. The van der Waals surface area contributed by atoms with Crippen molar-refractivity contribution in [3.05, 3.63) is 99.0 Å². The molecule has 0 aromatic heterocycles. The second-order valence-corrected chi connectivity index (χ2v) is 9.40. The SMILES string of the molecule is Cc1ccc(C(=O)NC(C(=O)NN=Cc2ccc(OCc3ccccc3C#N)c(Br)c2)C(C)C)cc1. The third kappa shape index (κ3) is 7.27. The molecule has 0 aliphatic rings. The van der Waals surface area contributed by atoms with Crippen molar-refractivity contribution in [1.29, 1.82) is 5.26 Å². The Morgan fingerprint density at radius 1 is 1.11 bits per heavy atom. The monoisotopic (exact) mass is 546 g/mol. The van der Waals surface area contributed by atoms with Gasteiger partial charge in [0.25, 0.3) is 11.8 Å². The van der Waals surface area contributed by atoms with E-state index in [1.807, 2.05) is 51.1 Å². The van der Waals surface area contributed by atoms with Gasteiger partial charge in [0.05, 0.1) is 22.3 Å². The number of ether oxygens (including phenoxy) is 1. The molecular formula is C28H27BrN4O3. The Kier molecular flexibility index (Phi) is 9.37. The van der Waals surface area contributed by atoms with Gasteiger partial charge in [0.2, 0.25) is 0 Å². The molecule has 36 heavy (non-hydrogen) atoms. The molecule has 0 bridgehead atoms. The number of aryl methyl sites for hydroxylation is 1. The number of hydrazone groups is 1. The van der Waals surface area contributed by atoms with Crippen molar-refractivity contribution in [2.45, 2.75) is 33.4 Å². The number of hydrogen-bond acceptors (Lipinski definition) is 5. The molecule has 2 N–H and O–H groups in total. The van der Waals surface area contributed by atoms with Crippen molar-refractivity contribution < 1.29 is 14.3 Å². The van der Waals surface area contributed by atoms with Gasteiger partial charge in [-0.3, -0.25) is 9.59 Å². The number of halogens is 1. The van der Waals surface area contributed by atoms with Crippen molar-refractivity contribution in [3.63, 3.8) is 0 Å². The fraction of sp³-hybridized carbons (Fsp3) is 0.214. The van der Waals surface area contributed by atoms with Gasteiger partial charge in [-0.25, -0.2) is 5.43 Å². The lowest BCUT2D eigenvalue weighted by Gasteiger charge is -2.20. The number of nitrogens with one attached hydrogen (secondary N) is 2. The maximum Gasteiger partial charge on any atom is 0.262 e. The summed E-state index contributed by atoms with van der Waals surface area (Å²) in [5.74, 6) is -0.240. The first-order valence-electron chi connectivity index (χ1n) is 11.4. The molecule has 184 valence electrons. The molecule has 1 atom stereocenters. The Balaban J connectivity index is 1.58. The van der Waals surface area contributed by atoms with E-state index in [2.05, 4.69) is 37.8 Å². The topological polar surface area (TPSA) is 104 Å². The second-order valence-electron chi connectivity index (χ2n) is 8.54. The van der Waals surface area contributed by atoms with E-state index in [4.69, 9.17) is 4.74 Å². The number of amides is 2. The molecule has 2 amide bonds. The van der Waals surface area contributed by atoms with Crippen molar-refractivity contribution in [1.82, 2.24) is 10.7 Å². The number of rotatable bonds is 9. The number of carbonyl (C=O) groups excluding carboxylic acids is 2. The molecule has 0 saturated carbocycles. The van der Waals surface area contributed by atoms with Gasteiger partial charge in [-0.15, -0.1) is 0 Å². The summed E-state index contributed by atoms with van der Waals surface area (Å²) in [4.78, 5) is 25.3. The van der Waals surface area contributed by atoms with Gasteiger partial charge in [-0.05, 0) is 70.7 Å². The highest BCUT2D eigenvalue weighted by Crippen LogP contribution is 2.26. The number of hydrogen-bond donors (Lipinski definition) is 2. The average Bonchev–Trinajstić information content (AvgIpc) is 2.87. The van der Waals surface area contributed by atoms with Crippen molar-refractivity contribution >= 4 is 34.0 Å². The molecule has 0 radical (unpaired) electrons. The maximum absolute atomic E-state index is 12.7. The van der Waals surface area contributed by atoms with Crippen LogP contribution in [0.3, 0.4) is 0 Å². The summed E-state index contributed by atoms with van der Waals surface area (Å²) in [6.45, 7) is 5.92. The summed E-state index contributed by atoms with van der Waals surface area (Å²) < 4.78 is 6.55. The fourth-order valence-electron chi connectivity index (χ4n) is 3.33. The van der Waals surface area contributed by atoms with Gasteiger partial charge in [0.15, 0.2) is 0 Å². The fourth-order valence-corrected chi connectivity index (χ4v) is 3.84. The van der Waals surface area contributed by atoms with Gasteiger partial charge in [0.1, 0.15) is 18.4 Å². The Morgan fingerprint density at radius 2 is 1.83 bits per heavy atom. The third-order valence-electron chi connectivity index (χ3n) is 5.41. The van der Waals surface area contributed by atoms with Gasteiger partial charge in [-0.2, -0.15) is 10.4 Å². The molecular weight excluding hydrogens is 520 g/mol. The Hall–Kier alpha value is -3.96. The van der Waals surface area contributed by atoms with Crippen LogP contribution in [0.5, 0.6) is 5.75 Å². The molecule has 7 nitrogen and oxygen atoms in total. The van der Waals surface area contributed by atoms with Crippen LogP contribution < -0.4 is 15.5 Å². The highest BCUT2D eigenvalue weighted by Gasteiger charge is 2.24. The van der Waals surface area contributed by atoms with E-state index >= 15 is 0 Å². The lowest BCUT2D eigenvalue weighted by molar-refractivity contribution is -0.123. The van der Waals surface area contributed by atoms with Gasteiger partial charge in [0, 0.05) is 11.1 Å². The smallest absolute Gasteiger partial charge is 0.262 e. The zero-order chi connectivity index (χ0) is 26.1. The molecule has 8 heteroatoms. The van der Waals surface area contributed by atoms with Gasteiger partial charge < -0.3 is 10.1 Å². The first kappa shape index (κ1) is 26.6. The largest absolute Gasteiger partial charge is 0.488 e. The molecule has 3 rings (SSSR count). The van der Waals surface area contributed by atoms with E-state index in [0.717, 1.165) is 16.7 Å². The molecule has 0 spiro atoms. The van der Waals surface area contributed by atoms with Crippen LogP contribution in [0.4, 0.5) is 0 Å². The Labute approximate surface area is 219 Å². The molecule has 0 aliphatic heterocycles. The Morgan fingerprint density at radius 3 is 2.50 bits per heavy atom. The first-order valence-corrected chi connectivity index (χ1v) is 12.2. The molecule has 0 aliphatic carbocycles. The number of nitrogens with zero attached hydrogens (tertiary/aromatic N) is 2. The highest BCUT2D eigenvalue weighted by molar-refractivity contribution is 9.10. The molecule has 0 heterocycles. The predicted octanol–water partition coefficient (Wildman–Crippen LogP) is 5.11. The van der Waals surface area contributed by atoms with E-state index in [9.17, 15) is 14.9 Å². The van der Waals surface area contributed by atoms with Crippen molar-refractivity contribution in [2.75, 3.05) is 0 Å². The van der Waals surface area contributed by atoms with Gasteiger partial charge >= 0.3 is 0 Å². The van der Waals surface area contributed by atoms with E-state index in [0.29, 0.717) is 21.3 Å². The summed E-state index contributed by atoms with van der Waals surface area (Å²) in [5, 5.41) is 16.1. The number of carbonyl (C=O) groups is 2. The molecule has 3 aromatic carbocycles. The predicted molar refractivity (Wildman–Crippen MR) is 143 cm³/mol. The minimum Gasteiger partial charge on any atom is -0.488 e. The average molecular weight is 547 g/mol. The minimum absolute atomic E-state index is 0.133. The summed E-state index contributed by atoms with van der Waals surface area (Å²) in [6.07, 6.45) is 1.51. The van der Waals surface area contributed by atoms with Crippen LogP contribution in [0.1, 0.15) is 46.5 Å². The standard InChI is InChI=1S/C28H27BrN4O3/c1-18(2)26(32-27(34)21-11-8-19(3)9-12-21)28(35)33-31-16-20-10-13-25(24(29)14-20)36-17-23-7-5-4-6-22(23)15-30/h4-14,16,18,26H,17H2,1-3H3,(H,32,34)(H,33,35). The van der Waals surface area contributed by atoms with Crippen LogP contribution in [0.2, 0.25) is 0 Å². The minimum atomic E-state index is -0.741. The van der Waals surface area contributed by atoms with Crippen LogP contribution in [-0.4, -0.2) is 24.1 Å². The zero-order valence-corrected chi connectivity index (χ0v) is 21.9. The van der Waals surface area contributed by atoms with Crippen molar-refractivity contribution in [2.24, 2.45) is 11.0 Å². The second kappa shape index (κ2) is 12.7. The highest BCUT2D eigenvalue weighted by atomic mass is 79.9. The molecule has 0 fully saturated rings. The van der Waals surface area contributed by atoms with Crippen LogP contribution in [0.15, 0.2) is 76.3 Å². The molecule has 1 unspecified atom stereocenters. The lowest BCUT2D eigenvalue weighted by atomic mass is 10.0. The number of nitriles is 1. The quantitative estimate of drug-likeness (QED) is 0.287. The van der Waals surface area contributed by atoms with Crippen LogP contribution in [0, 0.1) is 24.2 Å². The van der Waals surface area contributed by atoms with Gasteiger partial charge in [-0.1, -0.05) is 49.7 Å². The van der Waals surface area contributed by atoms with Crippen molar-refractivity contribution in [3.8, 4) is 11.8 Å². The zero-order valence-electron chi connectivity index (χ0n) is 20.3. The van der Waals surface area contributed by atoms with Crippen LogP contribution in [0.25, 0.3) is 0 Å². The third-order valence-corrected chi connectivity index (χ3v) is 6.03. The van der Waals surface area contributed by atoms with E-state index in [1.165, 1.54) is 6.21 Å². The van der Waals surface area contributed by atoms with E-state index in [-0.39, 0.29) is 18.4 Å². The summed E-state index contributed by atoms with van der Waals surface area (Å²) in [6, 6.07) is 21.2. The summed E-state index contributed by atoms with van der Waals surface area (Å²) >= 11 is 3.49. The van der Waals surface area contributed by atoms with Crippen LogP contribution >= 0.6 is 15.9 Å². The summed E-state index contributed by atoms with van der Waals surface area (Å²) in [5.41, 5.74) is 6.16. The maximum atomic E-state index is 12.7. The summed E-state index contributed by atoms with van der Waals surface area (Å²) in [7, 11) is 0. The first-order chi connectivity index (χ1) is 17.3.